The molecule has 7 heteroatoms. The van der Waals surface area contributed by atoms with Crippen LogP contribution in [0, 0.1) is 0 Å². The van der Waals surface area contributed by atoms with Crippen LogP contribution >= 0.6 is 0 Å². The highest BCUT2D eigenvalue weighted by atomic mass is 16.2. The van der Waals surface area contributed by atoms with Crippen LogP contribution in [0.25, 0.3) is 0 Å². The van der Waals surface area contributed by atoms with Crippen LogP contribution in [0.4, 0.5) is 0 Å². The summed E-state index contributed by atoms with van der Waals surface area (Å²) in [7, 11) is 0. The Balaban J connectivity index is 1.99. The Morgan fingerprint density at radius 1 is 1.53 bits per heavy atom. The highest BCUT2D eigenvalue weighted by Gasteiger charge is 2.34. The van der Waals surface area contributed by atoms with Crippen molar-refractivity contribution in [1.29, 1.82) is 0 Å². The SMILES string of the molecule is CCC1C(=O)NC(=O)CN1C(=O)CCn1cccn1. The zero-order valence-electron chi connectivity index (χ0n) is 10.7. The smallest absolute Gasteiger partial charge is 0.249 e. The second kappa shape index (κ2) is 5.64. The maximum Gasteiger partial charge on any atom is 0.249 e. The third-order valence-corrected chi connectivity index (χ3v) is 3.08. The largest absolute Gasteiger partial charge is 0.321 e. The first-order valence-corrected chi connectivity index (χ1v) is 6.22. The second-order valence-corrected chi connectivity index (χ2v) is 4.38. The Bertz CT molecular complexity index is 483. The van der Waals surface area contributed by atoms with Gasteiger partial charge in [-0.25, -0.2) is 0 Å². The van der Waals surface area contributed by atoms with Crippen LogP contribution in [-0.2, 0) is 20.9 Å². The van der Waals surface area contributed by atoms with E-state index in [1.54, 1.807) is 23.1 Å². The van der Waals surface area contributed by atoms with Gasteiger partial charge < -0.3 is 4.90 Å². The van der Waals surface area contributed by atoms with Crippen molar-refractivity contribution in [2.24, 2.45) is 0 Å². The Kier molecular flexibility index (Phi) is 3.94. The normalized spacial score (nSPS) is 19.4. The number of carbonyl (C=O) groups excluding carboxylic acids is 3. The molecule has 1 aromatic heterocycles. The average molecular weight is 264 g/mol. The number of aryl methyl sites for hydroxylation is 1. The van der Waals surface area contributed by atoms with Gasteiger partial charge in [0.2, 0.25) is 17.7 Å². The van der Waals surface area contributed by atoms with Gasteiger partial charge in [-0.2, -0.15) is 5.10 Å². The van der Waals surface area contributed by atoms with Crippen molar-refractivity contribution in [3.63, 3.8) is 0 Å². The quantitative estimate of drug-likeness (QED) is 0.746. The van der Waals surface area contributed by atoms with Gasteiger partial charge in [0.05, 0.1) is 0 Å². The van der Waals surface area contributed by atoms with Crippen LogP contribution in [0.2, 0.25) is 0 Å². The molecule has 0 saturated carbocycles. The predicted octanol–water partition coefficient (Wildman–Crippen LogP) is -0.463. The molecule has 0 aliphatic carbocycles. The van der Waals surface area contributed by atoms with Gasteiger partial charge in [-0.15, -0.1) is 0 Å². The molecule has 1 aliphatic rings. The van der Waals surface area contributed by atoms with E-state index in [9.17, 15) is 14.4 Å². The number of rotatable bonds is 4. The molecule has 0 bridgehead atoms. The molecule has 2 rings (SSSR count). The Morgan fingerprint density at radius 2 is 2.32 bits per heavy atom. The number of hydrogen-bond donors (Lipinski definition) is 1. The summed E-state index contributed by atoms with van der Waals surface area (Å²) in [4.78, 5) is 36.4. The van der Waals surface area contributed by atoms with Crippen molar-refractivity contribution in [2.45, 2.75) is 32.4 Å². The first kappa shape index (κ1) is 13.3. The zero-order valence-corrected chi connectivity index (χ0v) is 10.7. The van der Waals surface area contributed by atoms with Gasteiger partial charge in [-0.05, 0) is 12.5 Å². The number of piperazine rings is 1. The Morgan fingerprint density at radius 3 is 2.95 bits per heavy atom. The summed E-state index contributed by atoms with van der Waals surface area (Å²) < 4.78 is 1.64. The van der Waals surface area contributed by atoms with Gasteiger partial charge in [-0.3, -0.25) is 24.4 Å². The molecular weight excluding hydrogens is 248 g/mol. The molecule has 102 valence electrons. The number of nitrogens with zero attached hydrogens (tertiary/aromatic N) is 3. The molecule has 1 fully saturated rings. The van der Waals surface area contributed by atoms with E-state index >= 15 is 0 Å². The molecule has 2 heterocycles. The maximum atomic E-state index is 12.1. The third kappa shape index (κ3) is 2.98. The van der Waals surface area contributed by atoms with E-state index in [-0.39, 0.29) is 18.9 Å². The fourth-order valence-electron chi connectivity index (χ4n) is 2.12. The lowest BCUT2D eigenvalue weighted by atomic mass is 10.1. The standard InChI is InChI=1S/C12H16N4O3/c1-2-9-12(19)14-10(17)8-16(9)11(18)4-7-15-6-3-5-13-15/h3,5-6,9H,2,4,7-8H2,1H3,(H,14,17,19). The van der Waals surface area contributed by atoms with Gasteiger partial charge in [0, 0.05) is 25.4 Å². The molecule has 19 heavy (non-hydrogen) atoms. The summed E-state index contributed by atoms with van der Waals surface area (Å²) in [6, 6.07) is 1.22. The van der Waals surface area contributed by atoms with Gasteiger partial charge >= 0.3 is 0 Å². The van der Waals surface area contributed by atoms with Gasteiger partial charge in [0.25, 0.3) is 0 Å². The number of aromatic nitrogens is 2. The van der Waals surface area contributed by atoms with Gasteiger partial charge in [0.1, 0.15) is 12.6 Å². The van der Waals surface area contributed by atoms with Crippen LogP contribution in [0.3, 0.4) is 0 Å². The lowest BCUT2D eigenvalue weighted by Crippen LogP contribution is -2.59. The first-order chi connectivity index (χ1) is 9.11. The number of nitrogens with one attached hydrogen (secondary N) is 1. The fourth-order valence-corrected chi connectivity index (χ4v) is 2.12. The van der Waals surface area contributed by atoms with Crippen molar-refractivity contribution in [1.82, 2.24) is 20.0 Å². The third-order valence-electron chi connectivity index (χ3n) is 3.08. The average Bonchev–Trinajstić information content (AvgIpc) is 2.88. The zero-order chi connectivity index (χ0) is 13.8. The molecule has 0 aromatic carbocycles. The van der Waals surface area contributed by atoms with Crippen molar-refractivity contribution < 1.29 is 14.4 Å². The van der Waals surface area contributed by atoms with E-state index in [0.717, 1.165) is 0 Å². The summed E-state index contributed by atoms with van der Waals surface area (Å²) in [5.41, 5.74) is 0. The fraction of sp³-hybridized carbons (Fsp3) is 0.500. The molecular formula is C12H16N4O3. The Hall–Kier alpha value is -2.18. The van der Waals surface area contributed by atoms with E-state index < -0.39 is 17.9 Å². The van der Waals surface area contributed by atoms with E-state index in [1.165, 1.54) is 4.90 Å². The van der Waals surface area contributed by atoms with E-state index in [2.05, 4.69) is 10.4 Å². The first-order valence-electron chi connectivity index (χ1n) is 6.22. The second-order valence-electron chi connectivity index (χ2n) is 4.38. The topological polar surface area (TPSA) is 84.3 Å². The van der Waals surface area contributed by atoms with Crippen LogP contribution in [0.5, 0.6) is 0 Å². The monoisotopic (exact) mass is 264 g/mol. The number of amides is 3. The molecule has 7 nitrogen and oxygen atoms in total. The minimum absolute atomic E-state index is 0.0534. The summed E-state index contributed by atoms with van der Waals surface area (Å²) in [6.07, 6.45) is 4.11. The van der Waals surface area contributed by atoms with E-state index in [4.69, 9.17) is 0 Å². The number of carbonyl (C=O) groups is 3. The molecule has 0 spiro atoms. The highest BCUT2D eigenvalue weighted by Crippen LogP contribution is 2.11. The highest BCUT2D eigenvalue weighted by molar-refractivity contribution is 6.04. The molecule has 1 unspecified atom stereocenters. The number of imide groups is 1. The lowest BCUT2D eigenvalue weighted by molar-refractivity contribution is -0.150. The number of hydrogen-bond acceptors (Lipinski definition) is 4. The lowest BCUT2D eigenvalue weighted by Gasteiger charge is -2.33. The van der Waals surface area contributed by atoms with E-state index in [0.29, 0.717) is 13.0 Å². The maximum absolute atomic E-state index is 12.1. The van der Waals surface area contributed by atoms with Crippen LogP contribution in [0.1, 0.15) is 19.8 Å². The minimum Gasteiger partial charge on any atom is -0.321 e. The molecule has 1 saturated heterocycles. The van der Waals surface area contributed by atoms with E-state index in [1.807, 2.05) is 6.92 Å². The van der Waals surface area contributed by atoms with Crippen molar-refractivity contribution >= 4 is 17.7 Å². The van der Waals surface area contributed by atoms with Crippen LogP contribution in [-0.4, -0.2) is 45.0 Å². The summed E-state index contributed by atoms with van der Waals surface area (Å²) in [6.45, 7) is 2.20. The summed E-state index contributed by atoms with van der Waals surface area (Å²) >= 11 is 0. The van der Waals surface area contributed by atoms with Crippen LogP contribution < -0.4 is 5.32 Å². The predicted molar refractivity (Wildman–Crippen MR) is 65.8 cm³/mol. The Labute approximate surface area is 110 Å². The summed E-state index contributed by atoms with van der Waals surface area (Å²) in [5.74, 6) is -1.03. The molecule has 1 atom stereocenters. The van der Waals surface area contributed by atoms with Crippen LogP contribution in [0.15, 0.2) is 18.5 Å². The minimum atomic E-state index is -0.553. The van der Waals surface area contributed by atoms with Crippen molar-refractivity contribution in [2.75, 3.05) is 6.54 Å². The molecule has 0 radical (unpaired) electrons. The molecule has 1 aliphatic heterocycles. The van der Waals surface area contributed by atoms with Gasteiger partial charge in [-0.1, -0.05) is 6.92 Å². The summed E-state index contributed by atoms with van der Waals surface area (Å²) in [5, 5.41) is 6.25. The molecule has 3 amide bonds. The molecule has 1 N–H and O–H groups in total. The van der Waals surface area contributed by atoms with Gasteiger partial charge in [0.15, 0.2) is 0 Å². The molecule has 1 aromatic rings. The van der Waals surface area contributed by atoms with Crippen molar-refractivity contribution in [3.05, 3.63) is 18.5 Å². The van der Waals surface area contributed by atoms with Crippen molar-refractivity contribution in [3.8, 4) is 0 Å².